The van der Waals surface area contributed by atoms with Gasteiger partial charge in [0.05, 0.1) is 15.7 Å². The molecule has 0 amide bonds. The highest BCUT2D eigenvalue weighted by atomic mass is 35.5. The second-order valence-corrected chi connectivity index (χ2v) is 6.33. The number of anilines is 2. The van der Waals surface area contributed by atoms with Crippen molar-refractivity contribution in [3.05, 3.63) is 56.5 Å². The third-order valence-corrected chi connectivity index (χ3v) is 4.44. The quantitative estimate of drug-likeness (QED) is 0.757. The largest absolute Gasteiger partial charge is 0.385 e. The van der Waals surface area contributed by atoms with Crippen molar-refractivity contribution >= 4 is 46.2 Å². The predicted octanol–water partition coefficient (Wildman–Crippen LogP) is 5.62. The molecule has 1 aliphatic rings. The molecule has 0 saturated heterocycles. The second kappa shape index (κ2) is 6.35. The van der Waals surface area contributed by atoms with Crippen LogP contribution in [0.25, 0.3) is 0 Å². The van der Waals surface area contributed by atoms with Crippen LogP contribution < -0.4 is 10.6 Å². The number of hydrogen-bond donors (Lipinski definition) is 2. The zero-order chi connectivity index (χ0) is 14.8. The summed E-state index contributed by atoms with van der Waals surface area (Å²) in [5.41, 5.74) is 4.54. The van der Waals surface area contributed by atoms with Crippen LogP contribution in [-0.2, 0) is 13.0 Å². The average Bonchev–Trinajstić information content (AvgIpc) is 2.46. The lowest BCUT2D eigenvalue weighted by molar-refractivity contribution is 0.825. The summed E-state index contributed by atoms with van der Waals surface area (Å²) < 4.78 is 0. The third kappa shape index (κ3) is 3.23. The Morgan fingerprint density at radius 3 is 2.62 bits per heavy atom. The van der Waals surface area contributed by atoms with Crippen molar-refractivity contribution < 1.29 is 0 Å². The van der Waals surface area contributed by atoms with E-state index < -0.39 is 0 Å². The first-order chi connectivity index (χ1) is 10.1. The Bertz CT molecular complexity index is 648. The molecule has 0 aromatic heterocycles. The van der Waals surface area contributed by atoms with E-state index >= 15 is 0 Å². The highest BCUT2D eigenvalue weighted by Crippen LogP contribution is 2.34. The topological polar surface area (TPSA) is 24.1 Å². The molecule has 0 bridgehead atoms. The van der Waals surface area contributed by atoms with E-state index in [4.69, 9.17) is 34.8 Å². The van der Waals surface area contributed by atoms with Crippen LogP contribution >= 0.6 is 34.8 Å². The number of hydrogen-bond acceptors (Lipinski definition) is 2. The molecule has 2 aromatic carbocycles. The Labute approximate surface area is 139 Å². The summed E-state index contributed by atoms with van der Waals surface area (Å²) in [5.74, 6) is 0. The molecule has 0 saturated carbocycles. The first kappa shape index (κ1) is 14.8. The van der Waals surface area contributed by atoms with Crippen molar-refractivity contribution in [1.82, 2.24) is 0 Å². The van der Waals surface area contributed by atoms with Gasteiger partial charge >= 0.3 is 0 Å². The van der Waals surface area contributed by atoms with Crippen LogP contribution in [0.1, 0.15) is 17.5 Å². The smallest absolute Gasteiger partial charge is 0.0722 e. The maximum Gasteiger partial charge on any atom is 0.0722 e. The molecule has 0 radical (unpaired) electrons. The van der Waals surface area contributed by atoms with Crippen LogP contribution in [0.15, 0.2) is 30.3 Å². The molecule has 110 valence electrons. The molecule has 1 heterocycles. The summed E-state index contributed by atoms with van der Waals surface area (Å²) in [6, 6.07) is 9.76. The van der Waals surface area contributed by atoms with Crippen molar-refractivity contribution in [2.75, 3.05) is 17.2 Å². The van der Waals surface area contributed by atoms with Gasteiger partial charge in [0.25, 0.3) is 0 Å². The van der Waals surface area contributed by atoms with E-state index in [0.29, 0.717) is 21.6 Å². The van der Waals surface area contributed by atoms with E-state index in [2.05, 4.69) is 28.8 Å². The monoisotopic (exact) mass is 340 g/mol. The fourth-order valence-electron chi connectivity index (χ4n) is 2.62. The van der Waals surface area contributed by atoms with E-state index in [-0.39, 0.29) is 0 Å². The van der Waals surface area contributed by atoms with Gasteiger partial charge in [0.15, 0.2) is 0 Å². The first-order valence-electron chi connectivity index (χ1n) is 6.88. The fourth-order valence-corrected chi connectivity index (χ4v) is 3.57. The second-order valence-electron chi connectivity index (χ2n) is 5.08. The summed E-state index contributed by atoms with van der Waals surface area (Å²) in [4.78, 5) is 0. The summed E-state index contributed by atoms with van der Waals surface area (Å²) in [6.45, 7) is 1.68. The Morgan fingerprint density at radius 2 is 1.86 bits per heavy atom. The van der Waals surface area contributed by atoms with E-state index in [0.717, 1.165) is 18.7 Å². The number of para-hydroxylation sites is 1. The maximum absolute atomic E-state index is 6.20. The molecular formula is C16H15Cl3N2. The number of rotatable bonds is 3. The molecule has 1 aliphatic heterocycles. The molecule has 5 heteroatoms. The van der Waals surface area contributed by atoms with Gasteiger partial charge in [0.2, 0.25) is 0 Å². The van der Waals surface area contributed by atoms with Crippen LogP contribution in [0.4, 0.5) is 11.4 Å². The summed E-state index contributed by atoms with van der Waals surface area (Å²) in [5, 5.41) is 8.39. The Morgan fingerprint density at radius 1 is 1.10 bits per heavy atom. The van der Waals surface area contributed by atoms with E-state index in [1.54, 1.807) is 12.1 Å². The van der Waals surface area contributed by atoms with Gasteiger partial charge in [-0.05, 0) is 36.1 Å². The summed E-state index contributed by atoms with van der Waals surface area (Å²) >= 11 is 18.3. The molecule has 21 heavy (non-hydrogen) atoms. The molecule has 0 spiro atoms. The van der Waals surface area contributed by atoms with Gasteiger partial charge in [-0.1, -0.05) is 53.0 Å². The number of aryl methyl sites for hydroxylation is 1. The maximum atomic E-state index is 6.20. The van der Waals surface area contributed by atoms with E-state index in [1.165, 1.54) is 23.2 Å². The third-order valence-electron chi connectivity index (χ3n) is 3.62. The van der Waals surface area contributed by atoms with Gasteiger partial charge in [-0.3, -0.25) is 0 Å². The van der Waals surface area contributed by atoms with Gasteiger partial charge in [0, 0.05) is 23.8 Å². The molecular weight excluding hydrogens is 327 g/mol. The Kier molecular flexibility index (Phi) is 4.48. The lowest BCUT2D eigenvalue weighted by Gasteiger charge is -2.22. The number of nitrogens with one attached hydrogen (secondary N) is 2. The van der Waals surface area contributed by atoms with Crippen LogP contribution in [0.3, 0.4) is 0 Å². The number of halogens is 3. The van der Waals surface area contributed by atoms with Gasteiger partial charge in [-0.15, -0.1) is 0 Å². The minimum atomic E-state index is 0.533. The van der Waals surface area contributed by atoms with Crippen LogP contribution in [-0.4, -0.2) is 6.54 Å². The lowest BCUT2D eigenvalue weighted by Crippen LogP contribution is -2.15. The standard InChI is InChI=1S/C16H15Cl3N2/c17-12-7-13(18)16(14(19)8-12)21-9-11-4-1-3-10-5-2-6-20-15(10)11/h1,3-4,7-8,20-21H,2,5-6,9H2. The molecule has 3 rings (SSSR count). The Hall–Kier alpha value is -1.09. The number of fused-ring (bicyclic) bond motifs is 1. The van der Waals surface area contributed by atoms with Crippen LogP contribution in [0.5, 0.6) is 0 Å². The average molecular weight is 342 g/mol. The molecule has 2 aromatic rings. The van der Waals surface area contributed by atoms with Gasteiger partial charge in [0.1, 0.15) is 0 Å². The fraction of sp³-hybridized carbons (Fsp3) is 0.250. The lowest BCUT2D eigenvalue weighted by atomic mass is 9.99. The highest BCUT2D eigenvalue weighted by molar-refractivity contribution is 6.41. The highest BCUT2D eigenvalue weighted by Gasteiger charge is 2.13. The van der Waals surface area contributed by atoms with Crippen LogP contribution in [0.2, 0.25) is 15.1 Å². The van der Waals surface area contributed by atoms with Crippen molar-refractivity contribution in [1.29, 1.82) is 0 Å². The van der Waals surface area contributed by atoms with Crippen molar-refractivity contribution in [3.63, 3.8) is 0 Å². The van der Waals surface area contributed by atoms with Crippen molar-refractivity contribution in [3.8, 4) is 0 Å². The molecule has 2 N–H and O–H groups in total. The van der Waals surface area contributed by atoms with Gasteiger partial charge in [-0.2, -0.15) is 0 Å². The molecule has 0 atom stereocenters. The zero-order valence-electron chi connectivity index (χ0n) is 11.3. The predicted molar refractivity (Wildman–Crippen MR) is 92.1 cm³/mol. The summed E-state index contributed by atoms with van der Waals surface area (Å²) in [7, 11) is 0. The van der Waals surface area contributed by atoms with E-state index in [9.17, 15) is 0 Å². The van der Waals surface area contributed by atoms with Crippen molar-refractivity contribution in [2.45, 2.75) is 19.4 Å². The summed E-state index contributed by atoms with van der Waals surface area (Å²) in [6.07, 6.45) is 2.30. The SMILES string of the molecule is Clc1cc(Cl)c(NCc2cccc3c2NCCC3)c(Cl)c1. The van der Waals surface area contributed by atoms with Gasteiger partial charge < -0.3 is 10.6 Å². The Balaban J connectivity index is 1.83. The zero-order valence-corrected chi connectivity index (χ0v) is 13.6. The molecule has 2 nitrogen and oxygen atoms in total. The first-order valence-corrected chi connectivity index (χ1v) is 8.01. The van der Waals surface area contributed by atoms with E-state index in [1.807, 2.05) is 0 Å². The van der Waals surface area contributed by atoms with Crippen LogP contribution in [0, 0.1) is 0 Å². The normalized spacial score (nSPS) is 13.5. The van der Waals surface area contributed by atoms with Gasteiger partial charge in [-0.25, -0.2) is 0 Å². The molecule has 0 fully saturated rings. The van der Waals surface area contributed by atoms with Crippen molar-refractivity contribution in [2.24, 2.45) is 0 Å². The minimum Gasteiger partial charge on any atom is -0.385 e. The minimum absolute atomic E-state index is 0.533. The molecule has 0 unspecified atom stereocenters. The number of benzene rings is 2. The molecule has 0 aliphatic carbocycles.